The Morgan fingerprint density at radius 1 is 1.33 bits per heavy atom. The Hall–Kier alpha value is -1.43. The smallest absolute Gasteiger partial charge is 0.291 e. The van der Waals surface area contributed by atoms with Crippen LogP contribution in [0.1, 0.15) is 22.8 Å². The van der Waals surface area contributed by atoms with Gasteiger partial charge in [0.25, 0.3) is 0 Å². The molecule has 2 rings (SSSR count). The maximum atomic E-state index is 11.9. The number of aromatic nitrogens is 4. The molecule has 0 atom stereocenters. The van der Waals surface area contributed by atoms with Crippen molar-refractivity contribution in [1.82, 2.24) is 19.3 Å². The van der Waals surface area contributed by atoms with Crippen LogP contribution in [0.2, 0.25) is 0 Å². The molecule has 0 saturated carbocycles. The van der Waals surface area contributed by atoms with Crippen molar-refractivity contribution in [2.75, 3.05) is 0 Å². The quantitative estimate of drug-likeness (QED) is 0.848. The maximum absolute atomic E-state index is 11.9. The second-order valence-electron chi connectivity index (χ2n) is 4.38. The molecule has 0 bridgehead atoms. The number of aryl methyl sites for hydroxylation is 4. The molecule has 2 heterocycles. The summed E-state index contributed by atoms with van der Waals surface area (Å²) in [5.41, 5.74) is 3.30. The Morgan fingerprint density at radius 2 is 2.00 bits per heavy atom. The number of nitrogens with zero attached hydrogens (tertiary/aromatic N) is 4. The molecule has 2 aromatic heterocycles. The van der Waals surface area contributed by atoms with Gasteiger partial charge in [0.2, 0.25) is 0 Å². The molecule has 6 heteroatoms. The lowest BCUT2D eigenvalue weighted by atomic mass is 10.3. The molecule has 0 saturated heterocycles. The summed E-state index contributed by atoms with van der Waals surface area (Å²) in [4.78, 5) is 15.9. The van der Waals surface area contributed by atoms with Crippen molar-refractivity contribution in [2.24, 2.45) is 7.05 Å². The van der Waals surface area contributed by atoms with Gasteiger partial charge in [-0.1, -0.05) is 0 Å². The van der Waals surface area contributed by atoms with Crippen LogP contribution in [0.3, 0.4) is 0 Å². The zero-order valence-corrected chi connectivity index (χ0v) is 12.4. The molecule has 0 aliphatic rings. The van der Waals surface area contributed by atoms with E-state index in [2.05, 4.69) is 26.0 Å². The number of hydrogen-bond acceptors (Lipinski definition) is 3. The van der Waals surface area contributed by atoms with Gasteiger partial charge >= 0.3 is 5.69 Å². The van der Waals surface area contributed by atoms with Crippen LogP contribution < -0.4 is 5.69 Å². The van der Waals surface area contributed by atoms with Crippen LogP contribution in [0.4, 0.5) is 0 Å². The predicted molar refractivity (Wildman–Crippen MR) is 72.7 cm³/mol. The Bertz CT molecular complexity index is 657. The van der Waals surface area contributed by atoms with Crippen LogP contribution in [0.5, 0.6) is 0 Å². The summed E-state index contributed by atoms with van der Waals surface area (Å²) >= 11 is 3.50. The molecule has 0 spiro atoms. The second-order valence-corrected chi connectivity index (χ2v) is 5.17. The minimum atomic E-state index is -0.224. The minimum absolute atomic E-state index is 0.224. The molecule has 0 radical (unpaired) electrons. The largest absolute Gasteiger partial charge is 0.348 e. The minimum Gasteiger partial charge on any atom is -0.291 e. The zero-order valence-electron chi connectivity index (χ0n) is 10.9. The topological polar surface area (TPSA) is 52.7 Å². The van der Waals surface area contributed by atoms with Crippen LogP contribution in [0.25, 0.3) is 0 Å². The van der Waals surface area contributed by atoms with E-state index in [-0.39, 0.29) is 5.69 Å². The first-order chi connectivity index (χ1) is 8.40. The fourth-order valence-corrected chi connectivity index (χ4v) is 2.43. The monoisotopic (exact) mass is 310 g/mol. The maximum Gasteiger partial charge on any atom is 0.348 e. The van der Waals surface area contributed by atoms with E-state index in [1.165, 1.54) is 0 Å². The van der Waals surface area contributed by atoms with Crippen LogP contribution in [-0.2, 0) is 13.6 Å². The van der Waals surface area contributed by atoms with E-state index >= 15 is 0 Å². The average molecular weight is 311 g/mol. The van der Waals surface area contributed by atoms with E-state index < -0.39 is 0 Å². The Kier molecular flexibility index (Phi) is 3.38. The SMILES string of the molecule is Cc1cc(C)n(Cc2c(Br)c(C)nn2C)c(=O)n1. The third-order valence-corrected chi connectivity index (χ3v) is 3.95. The molecule has 0 fully saturated rings. The number of hydrogen-bond donors (Lipinski definition) is 0. The lowest BCUT2D eigenvalue weighted by molar-refractivity contribution is 0.624. The lowest BCUT2D eigenvalue weighted by Crippen LogP contribution is -2.27. The highest BCUT2D eigenvalue weighted by Crippen LogP contribution is 2.20. The molecule has 2 aromatic rings. The van der Waals surface area contributed by atoms with Crippen LogP contribution in [-0.4, -0.2) is 19.3 Å². The van der Waals surface area contributed by atoms with Gasteiger partial charge in [-0.2, -0.15) is 10.1 Å². The third kappa shape index (κ3) is 2.25. The van der Waals surface area contributed by atoms with Gasteiger partial charge in [0.1, 0.15) is 0 Å². The summed E-state index contributed by atoms with van der Waals surface area (Å²) in [6.45, 7) is 6.13. The Morgan fingerprint density at radius 3 is 2.50 bits per heavy atom. The molecule has 0 amide bonds. The summed E-state index contributed by atoms with van der Waals surface area (Å²) in [7, 11) is 1.87. The highest BCUT2D eigenvalue weighted by atomic mass is 79.9. The molecular weight excluding hydrogens is 296 g/mol. The fraction of sp³-hybridized carbons (Fsp3) is 0.417. The van der Waals surface area contributed by atoms with Gasteiger partial charge in [0.15, 0.2) is 0 Å². The van der Waals surface area contributed by atoms with E-state index in [1.807, 2.05) is 33.9 Å². The molecule has 0 aromatic carbocycles. The summed E-state index contributed by atoms with van der Waals surface area (Å²) in [6.07, 6.45) is 0. The van der Waals surface area contributed by atoms with Crippen molar-refractivity contribution in [2.45, 2.75) is 27.3 Å². The van der Waals surface area contributed by atoms with E-state index in [4.69, 9.17) is 0 Å². The van der Waals surface area contributed by atoms with Gasteiger partial charge in [-0.25, -0.2) is 4.79 Å². The Labute approximate surface area is 114 Å². The first kappa shape index (κ1) is 13.0. The first-order valence-corrected chi connectivity index (χ1v) is 6.42. The van der Waals surface area contributed by atoms with Crippen LogP contribution in [0, 0.1) is 20.8 Å². The molecule has 18 heavy (non-hydrogen) atoms. The first-order valence-electron chi connectivity index (χ1n) is 5.63. The van der Waals surface area contributed by atoms with Gasteiger partial charge < -0.3 is 0 Å². The summed E-state index contributed by atoms with van der Waals surface area (Å²) < 4.78 is 4.37. The molecule has 0 unspecified atom stereocenters. The molecule has 5 nitrogen and oxygen atoms in total. The lowest BCUT2D eigenvalue weighted by Gasteiger charge is -2.10. The fourth-order valence-electron chi connectivity index (χ4n) is 1.97. The average Bonchev–Trinajstić information content (AvgIpc) is 2.48. The molecular formula is C12H15BrN4O. The summed E-state index contributed by atoms with van der Waals surface area (Å²) in [6, 6.07) is 1.90. The summed E-state index contributed by atoms with van der Waals surface area (Å²) in [5, 5.41) is 4.32. The van der Waals surface area contributed by atoms with Crippen molar-refractivity contribution in [3.05, 3.63) is 43.8 Å². The van der Waals surface area contributed by atoms with E-state index in [0.29, 0.717) is 6.54 Å². The van der Waals surface area contributed by atoms with E-state index in [1.54, 1.807) is 9.25 Å². The third-order valence-electron chi connectivity index (χ3n) is 2.92. The van der Waals surface area contributed by atoms with Crippen molar-refractivity contribution < 1.29 is 0 Å². The summed E-state index contributed by atoms with van der Waals surface area (Å²) in [5.74, 6) is 0. The number of rotatable bonds is 2. The molecule has 0 N–H and O–H groups in total. The normalized spacial score (nSPS) is 10.9. The number of halogens is 1. The zero-order chi connectivity index (χ0) is 13.4. The van der Waals surface area contributed by atoms with Gasteiger partial charge in [-0.3, -0.25) is 9.25 Å². The second kappa shape index (κ2) is 4.68. The predicted octanol–water partition coefficient (Wildman–Crippen LogP) is 1.71. The van der Waals surface area contributed by atoms with Crippen LogP contribution >= 0.6 is 15.9 Å². The van der Waals surface area contributed by atoms with Gasteiger partial charge in [-0.05, 0) is 42.8 Å². The van der Waals surface area contributed by atoms with E-state index in [9.17, 15) is 4.79 Å². The highest BCUT2D eigenvalue weighted by molar-refractivity contribution is 9.10. The van der Waals surface area contributed by atoms with Crippen molar-refractivity contribution in [1.29, 1.82) is 0 Å². The molecule has 0 aliphatic carbocycles. The van der Waals surface area contributed by atoms with Gasteiger partial charge in [0, 0.05) is 18.4 Å². The molecule has 96 valence electrons. The highest BCUT2D eigenvalue weighted by Gasteiger charge is 2.13. The standard InChI is InChI=1S/C12H15BrN4O/c1-7-5-8(2)17(12(18)14-7)6-10-11(13)9(3)15-16(10)4/h5H,6H2,1-4H3. The molecule has 0 aliphatic heterocycles. The van der Waals surface area contributed by atoms with E-state index in [0.717, 1.165) is 27.2 Å². The van der Waals surface area contributed by atoms with Crippen molar-refractivity contribution >= 4 is 15.9 Å². The Balaban J connectivity index is 2.50. The van der Waals surface area contributed by atoms with Crippen molar-refractivity contribution in [3.63, 3.8) is 0 Å². The van der Waals surface area contributed by atoms with Crippen LogP contribution in [0.15, 0.2) is 15.3 Å². The van der Waals surface area contributed by atoms with Crippen molar-refractivity contribution in [3.8, 4) is 0 Å². The van der Waals surface area contributed by atoms with Gasteiger partial charge in [0.05, 0.1) is 22.4 Å². The van der Waals surface area contributed by atoms with Gasteiger partial charge in [-0.15, -0.1) is 0 Å².